The maximum atomic E-state index is 12.3. The lowest BCUT2D eigenvalue weighted by Gasteiger charge is -2.09. The fraction of sp³-hybridized carbons (Fsp3) is 0.0909. The Bertz CT molecular complexity index is 1270. The minimum absolute atomic E-state index is 0.235. The summed E-state index contributed by atoms with van der Waals surface area (Å²) in [5.41, 5.74) is 1.45. The predicted molar refractivity (Wildman–Crippen MR) is 116 cm³/mol. The number of benzene rings is 2. The van der Waals surface area contributed by atoms with Gasteiger partial charge >= 0.3 is 6.36 Å². The second-order valence-electron chi connectivity index (χ2n) is 6.79. The zero-order valence-electron chi connectivity index (χ0n) is 17.6. The van der Waals surface area contributed by atoms with Crippen LogP contribution in [0.5, 0.6) is 17.2 Å². The Hall–Kier alpha value is -4.61. The number of rotatable bonds is 7. The van der Waals surface area contributed by atoms with Gasteiger partial charge in [0.15, 0.2) is 5.82 Å². The van der Waals surface area contributed by atoms with Crippen LogP contribution in [0.2, 0.25) is 0 Å². The van der Waals surface area contributed by atoms with Crippen molar-refractivity contribution in [1.82, 2.24) is 25.5 Å². The van der Waals surface area contributed by atoms with Crippen molar-refractivity contribution in [3.8, 4) is 28.6 Å². The van der Waals surface area contributed by atoms with Gasteiger partial charge in [0.2, 0.25) is 5.95 Å². The number of pyridine rings is 1. The van der Waals surface area contributed by atoms with Crippen LogP contribution in [0.1, 0.15) is 10.5 Å². The average molecular weight is 470 g/mol. The Morgan fingerprint density at radius 2 is 1.68 bits per heavy atom. The number of H-pyrrole nitrogens is 1. The summed E-state index contributed by atoms with van der Waals surface area (Å²) in [4.78, 5) is 20.0. The van der Waals surface area contributed by atoms with Gasteiger partial charge in [-0.3, -0.25) is 14.9 Å². The molecule has 0 radical (unpaired) electrons. The first-order valence-corrected chi connectivity index (χ1v) is 9.81. The number of anilines is 2. The molecule has 0 aliphatic carbocycles. The molecule has 2 aromatic carbocycles. The Labute approximate surface area is 191 Å². The van der Waals surface area contributed by atoms with Crippen molar-refractivity contribution < 1.29 is 27.4 Å². The van der Waals surface area contributed by atoms with Gasteiger partial charge in [0.1, 0.15) is 22.9 Å². The van der Waals surface area contributed by atoms with Gasteiger partial charge in [-0.2, -0.15) is 4.98 Å². The summed E-state index contributed by atoms with van der Waals surface area (Å²) in [5.74, 6) is 1.06. The number of alkyl halides is 3. The molecule has 4 aromatic rings. The quantitative estimate of drug-likeness (QED) is 0.360. The zero-order chi connectivity index (χ0) is 24.1. The molecule has 0 unspecified atom stereocenters. The van der Waals surface area contributed by atoms with Crippen LogP contribution in [0.25, 0.3) is 11.4 Å². The molecule has 3 N–H and O–H groups in total. The van der Waals surface area contributed by atoms with Crippen LogP contribution in [-0.2, 0) is 0 Å². The molecule has 0 fully saturated rings. The number of nitrogens with zero attached hydrogens (tertiary/aromatic N) is 3. The van der Waals surface area contributed by atoms with E-state index in [0.29, 0.717) is 23.0 Å². The predicted octanol–water partition coefficient (Wildman–Crippen LogP) is 4.66. The van der Waals surface area contributed by atoms with E-state index in [1.54, 1.807) is 30.3 Å². The number of amides is 1. The Balaban J connectivity index is 1.40. The van der Waals surface area contributed by atoms with Crippen molar-refractivity contribution in [2.24, 2.45) is 0 Å². The molecule has 9 nitrogen and oxygen atoms in total. The summed E-state index contributed by atoms with van der Waals surface area (Å²) in [6.45, 7) is 0. The first-order valence-electron chi connectivity index (χ1n) is 9.81. The van der Waals surface area contributed by atoms with E-state index in [-0.39, 0.29) is 23.3 Å². The van der Waals surface area contributed by atoms with Crippen LogP contribution < -0.4 is 20.1 Å². The van der Waals surface area contributed by atoms with Gasteiger partial charge in [0.25, 0.3) is 5.91 Å². The highest BCUT2D eigenvalue weighted by molar-refractivity contribution is 5.92. The minimum atomic E-state index is -4.75. The summed E-state index contributed by atoms with van der Waals surface area (Å²) in [6.07, 6.45) is -3.27. The SMILES string of the molecule is CNC(=O)c1cc(Oc2ccc(-c3nc(Nc4ccc(OC(F)(F)F)cc4)n[nH]3)cc2)ccn1. The van der Waals surface area contributed by atoms with E-state index in [2.05, 4.69) is 35.5 Å². The normalized spacial score (nSPS) is 11.1. The monoisotopic (exact) mass is 470 g/mol. The topological polar surface area (TPSA) is 114 Å². The van der Waals surface area contributed by atoms with Crippen LogP contribution in [0, 0.1) is 0 Å². The standard InChI is InChI=1S/C22H17F3N6O3/c1-26-20(32)18-12-17(10-11-27-18)33-15-6-2-13(3-7-15)19-29-21(31-30-19)28-14-4-8-16(9-5-14)34-22(23,24)25/h2-12H,1H3,(H,26,32)(H2,28,29,30,31). The van der Waals surface area contributed by atoms with Gasteiger partial charge < -0.3 is 20.1 Å². The van der Waals surface area contributed by atoms with Crippen molar-refractivity contribution in [2.75, 3.05) is 12.4 Å². The highest BCUT2D eigenvalue weighted by Crippen LogP contribution is 2.27. The third-order valence-electron chi connectivity index (χ3n) is 4.38. The highest BCUT2D eigenvalue weighted by atomic mass is 19.4. The molecule has 0 aliphatic heterocycles. The smallest absolute Gasteiger partial charge is 0.457 e. The molecule has 0 atom stereocenters. The fourth-order valence-corrected chi connectivity index (χ4v) is 2.86. The molecule has 0 bridgehead atoms. The lowest BCUT2D eigenvalue weighted by molar-refractivity contribution is -0.274. The lowest BCUT2D eigenvalue weighted by Crippen LogP contribution is -2.18. The largest absolute Gasteiger partial charge is 0.573 e. The first-order chi connectivity index (χ1) is 16.3. The Morgan fingerprint density at radius 3 is 2.35 bits per heavy atom. The number of aromatic nitrogens is 4. The van der Waals surface area contributed by atoms with E-state index in [0.717, 1.165) is 5.56 Å². The zero-order valence-corrected chi connectivity index (χ0v) is 17.6. The average Bonchev–Trinajstić information content (AvgIpc) is 3.28. The molecule has 0 aliphatic rings. The van der Waals surface area contributed by atoms with Gasteiger partial charge in [0.05, 0.1) is 0 Å². The van der Waals surface area contributed by atoms with E-state index >= 15 is 0 Å². The van der Waals surface area contributed by atoms with Crippen LogP contribution in [0.3, 0.4) is 0 Å². The summed E-state index contributed by atoms with van der Waals surface area (Å²) < 4.78 is 46.4. The van der Waals surface area contributed by atoms with Crippen LogP contribution in [-0.4, -0.2) is 39.5 Å². The maximum Gasteiger partial charge on any atom is 0.573 e. The molecular weight excluding hydrogens is 453 g/mol. The number of hydrogen-bond donors (Lipinski definition) is 3. The summed E-state index contributed by atoms with van der Waals surface area (Å²) >= 11 is 0. The molecule has 34 heavy (non-hydrogen) atoms. The molecule has 0 saturated heterocycles. The summed E-state index contributed by atoms with van der Waals surface area (Å²) in [5, 5.41) is 12.2. The number of carbonyl (C=O) groups excluding carboxylic acids is 1. The van der Waals surface area contributed by atoms with Crippen LogP contribution in [0.4, 0.5) is 24.8 Å². The number of nitrogens with one attached hydrogen (secondary N) is 3. The van der Waals surface area contributed by atoms with Crippen molar-refractivity contribution in [3.05, 3.63) is 72.6 Å². The molecule has 4 rings (SSSR count). The number of halogens is 3. The van der Waals surface area contributed by atoms with E-state index in [9.17, 15) is 18.0 Å². The van der Waals surface area contributed by atoms with E-state index in [1.807, 2.05) is 0 Å². The van der Waals surface area contributed by atoms with E-state index in [1.165, 1.54) is 43.6 Å². The van der Waals surface area contributed by atoms with Gasteiger partial charge in [-0.15, -0.1) is 18.3 Å². The molecule has 2 aromatic heterocycles. The molecule has 0 spiro atoms. The number of aromatic amines is 1. The lowest BCUT2D eigenvalue weighted by atomic mass is 10.2. The Morgan fingerprint density at radius 1 is 0.971 bits per heavy atom. The molecule has 1 amide bonds. The third kappa shape index (κ3) is 5.79. The van der Waals surface area contributed by atoms with Crippen LogP contribution in [0.15, 0.2) is 66.9 Å². The highest BCUT2D eigenvalue weighted by Gasteiger charge is 2.30. The van der Waals surface area contributed by atoms with Gasteiger partial charge in [0, 0.05) is 30.6 Å². The van der Waals surface area contributed by atoms with Crippen molar-refractivity contribution in [1.29, 1.82) is 0 Å². The fourth-order valence-electron chi connectivity index (χ4n) is 2.86. The number of hydrogen-bond acceptors (Lipinski definition) is 7. The van der Waals surface area contributed by atoms with E-state index in [4.69, 9.17) is 4.74 Å². The van der Waals surface area contributed by atoms with Crippen molar-refractivity contribution >= 4 is 17.5 Å². The molecule has 2 heterocycles. The van der Waals surface area contributed by atoms with Gasteiger partial charge in [-0.1, -0.05) is 0 Å². The second-order valence-corrected chi connectivity index (χ2v) is 6.79. The van der Waals surface area contributed by atoms with E-state index < -0.39 is 6.36 Å². The van der Waals surface area contributed by atoms with Gasteiger partial charge in [-0.25, -0.2) is 0 Å². The van der Waals surface area contributed by atoms with Crippen LogP contribution >= 0.6 is 0 Å². The molecule has 12 heteroatoms. The Kier molecular flexibility index (Phi) is 6.30. The number of carbonyl (C=O) groups is 1. The molecular formula is C22H17F3N6O3. The maximum absolute atomic E-state index is 12.3. The first kappa shape index (κ1) is 22.6. The van der Waals surface area contributed by atoms with Crippen molar-refractivity contribution in [3.63, 3.8) is 0 Å². The van der Waals surface area contributed by atoms with Crippen molar-refractivity contribution in [2.45, 2.75) is 6.36 Å². The summed E-state index contributed by atoms with van der Waals surface area (Å²) in [6, 6.07) is 15.3. The second kappa shape index (κ2) is 9.48. The minimum Gasteiger partial charge on any atom is -0.457 e. The molecule has 174 valence electrons. The van der Waals surface area contributed by atoms with Gasteiger partial charge in [-0.05, 0) is 54.6 Å². The number of ether oxygens (including phenoxy) is 2. The molecule has 0 saturated carbocycles. The third-order valence-corrected chi connectivity index (χ3v) is 4.38. The summed E-state index contributed by atoms with van der Waals surface area (Å²) in [7, 11) is 1.52.